The first-order valence-electron chi connectivity index (χ1n) is 13.2. The van der Waals surface area contributed by atoms with Crippen molar-refractivity contribution in [3.8, 4) is 22.4 Å². The summed E-state index contributed by atoms with van der Waals surface area (Å²) in [6.07, 6.45) is 13.9. The predicted octanol–water partition coefficient (Wildman–Crippen LogP) is 8.01. The SMILES string of the molecule is [2H]C1(c2ccc(-c3ccc(-c4ccccc4C)[n+](C)c3)cc2)CCC(C2CCCCC2)CC1. The van der Waals surface area contributed by atoms with Crippen LogP contribution in [0.5, 0.6) is 0 Å². The van der Waals surface area contributed by atoms with Gasteiger partial charge in [-0.2, -0.15) is 0 Å². The molecule has 1 aromatic heterocycles. The molecule has 0 atom stereocenters. The van der Waals surface area contributed by atoms with Crippen molar-refractivity contribution in [1.82, 2.24) is 0 Å². The Morgan fingerprint density at radius 3 is 2.06 bits per heavy atom. The van der Waals surface area contributed by atoms with Crippen LogP contribution in [-0.4, -0.2) is 0 Å². The highest BCUT2D eigenvalue weighted by molar-refractivity contribution is 5.66. The molecule has 32 heavy (non-hydrogen) atoms. The van der Waals surface area contributed by atoms with Gasteiger partial charge < -0.3 is 0 Å². The lowest BCUT2D eigenvalue weighted by molar-refractivity contribution is -0.659. The summed E-state index contributed by atoms with van der Waals surface area (Å²) in [5.41, 5.74) is 7.46. The monoisotopic (exact) mass is 425 g/mol. The van der Waals surface area contributed by atoms with Gasteiger partial charge in [-0.05, 0) is 79.2 Å². The Morgan fingerprint density at radius 2 is 1.38 bits per heavy atom. The lowest BCUT2D eigenvalue weighted by Crippen LogP contribution is -2.30. The second-order valence-electron chi connectivity index (χ2n) is 10.1. The summed E-state index contributed by atoms with van der Waals surface area (Å²) in [5.74, 6) is 1.41. The van der Waals surface area contributed by atoms with Gasteiger partial charge >= 0.3 is 0 Å². The lowest BCUT2D eigenvalue weighted by Gasteiger charge is -2.36. The molecule has 2 saturated carbocycles. The number of hydrogen-bond acceptors (Lipinski definition) is 0. The third kappa shape index (κ3) is 4.53. The Hall–Kier alpha value is -2.41. The third-order valence-electron chi connectivity index (χ3n) is 8.13. The smallest absolute Gasteiger partial charge is 0.200 e. The Kier molecular flexibility index (Phi) is 6.07. The minimum absolute atomic E-state index is 0.400. The van der Waals surface area contributed by atoms with Gasteiger partial charge in [0.25, 0.3) is 0 Å². The maximum absolute atomic E-state index is 9.21. The molecule has 166 valence electrons. The van der Waals surface area contributed by atoms with E-state index in [1.165, 1.54) is 78.5 Å². The van der Waals surface area contributed by atoms with Gasteiger partial charge in [-0.1, -0.05) is 74.6 Å². The first-order valence-corrected chi connectivity index (χ1v) is 12.7. The van der Waals surface area contributed by atoms with E-state index >= 15 is 0 Å². The van der Waals surface area contributed by atoms with Gasteiger partial charge in [0.1, 0.15) is 7.05 Å². The minimum atomic E-state index is -0.400. The Morgan fingerprint density at radius 1 is 0.719 bits per heavy atom. The molecule has 0 bridgehead atoms. The van der Waals surface area contributed by atoms with Crippen LogP contribution >= 0.6 is 0 Å². The number of hydrogen-bond donors (Lipinski definition) is 0. The summed E-state index contributed by atoms with van der Waals surface area (Å²) < 4.78 is 11.4. The Labute approximate surface area is 195 Å². The van der Waals surface area contributed by atoms with Crippen molar-refractivity contribution in [1.29, 1.82) is 0 Å². The Bertz CT molecular complexity index is 1090. The van der Waals surface area contributed by atoms with E-state index in [-0.39, 0.29) is 0 Å². The summed E-state index contributed by atoms with van der Waals surface area (Å²) in [6.45, 7) is 2.17. The van der Waals surface area contributed by atoms with Crippen molar-refractivity contribution < 1.29 is 5.94 Å². The zero-order chi connectivity index (χ0) is 22.8. The molecule has 2 aliphatic carbocycles. The molecule has 0 amide bonds. The van der Waals surface area contributed by atoms with Crippen LogP contribution in [0, 0.1) is 18.8 Å². The molecule has 1 heteroatoms. The molecule has 0 saturated heterocycles. The van der Waals surface area contributed by atoms with E-state index in [1.807, 2.05) is 0 Å². The fourth-order valence-corrected chi connectivity index (χ4v) is 6.17. The average molecular weight is 426 g/mol. The number of aryl methyl sites for hydroxylation is 2. The van der Waals surface area contributed by atoms with E-state index in [0.717, 1.165) is 24.7 Å². The fourth-order valence-electron chi connectivity index (χ4n) is 6.17. The van der Waals surface area contributed by atoms with Gasteiger partial charge in [-0.15, -0.1) is 0 Å². The maximum Gasteiger partial charge on any atom is 0.212 e. The van der Waals surface area contributed by atoms with Gasteiger partial charge in [0.15, 0.2) is 6.20 Å². The van der Waals surface area contributed by atoms with Crippen LogP contribution in [-0.2, 0) is 7.05 Å². The number of aromatic nitrogens is 1. The number of pyridine rings is 1. The minimum Gasteiger partial charge on any atom is -0.200 e. The van der Waals surface area contributed by atoms with Crippen molar-refractivity contribution in [2.75, 3.05) is 0 Å². The molecular formula is C31H38N+. The highest BCUT2D eigenvalue weighted by Crippen LogP contribution is 2.43. The second-order valence-corrected chi connectivity index (χ2v) is 10.1. The Balaban J connectivity index is 1.30. The molecule has 5 rings (SSSR count). The van der Waals surface area contributed by atoms with Gasteiger partial charge in [-0.25, -0.2) is 4.57 Å². The molecule has 1 heterocycles. The third-order valence-corrected chi connectivity index (χ3v) is 8.13. The van der Waals surface area contributed by atoms with E-state index in [4.69, 9.17) is 0 Å². The van der Waals surface area contributed by atoms with Gasteiger partial charge in [0.2, 0.25) is 5.69 Å². The lowest BCUT2D eigenvalue weighted by atomic mass is 9.70. The summed E-state index contributed by atoms with van der Waals surface area (Å²) in [7, 11) is 2.13. The van der Waals surface area contributed by atoms with E-state index in [9.17, 15) is 1.37 Å². The number of nitrogens with zero attached hydrogens (tertiary/aromatic N) is 1. The molecular weight excluding hydrogens is 386 g/mol. The highest BCUT2D eigenvalue weighted by Gasteiger charge is 2.29. The van der Waals surface area contributed by atoms with Crippen LogP contribution in [0.25, 0.3) is 22.4 Å². The van der Waals surface area contributed by atoms with E-state index in [0.29, 0.717) is 0 Å². The molecule has 1 nitrogen and oxygen atoms in total. The standard InChI is InChI=1S/C31H38N/c1-23-8-6-7-11-30(23)31-21-20-29(22-32(31)2)28-18-16-27(17-19-28)26-14-12-25(13-15-26)24-9-4-3-5-10-24/h6-8,11,16-22,24-26H,3-5,9-10,12-15H2,1-2H3/q+1/i26D. The molecule has 3 aromatic rings. The first kappa shape index (κ1) is 20.2. The molecule has 2 fully saturated rings. The van der Waals surface area contributed by atoms with Crippen molar-refractivity contribution in [2.45, 2.75) is 70.6 Å². The van der Waals surface area contributed by atoms with Crippen LogP contribution in [0.1, 0.15) is 76.2 Å². The van der Waals surface area contributed by atoms with Gasteiger partial charge in [0, 0.05) is 18.6 Å². The van der Waals surface area contributed by atoms with Crippen LogP contribution in [0.2, 0.25) is 0 Å². The summed E-state index contributed by atoms with van der Waals surface area (Å²) in [5, 5.41) is 0. The van der Waals surface area contributed by atoms with Crippen LogP contribution < -0.4 is 4.57 Å². The highest BCUT2D eigenvalue weighted by atomic mass is 14.9. The van der Waals surface area contributed by atoms with Crippen LogP contribution in [0.15, 0.2) is 66.9 Å². The van der Waals surface area contributed by atoms with Crippen molar-refractivity contribution >= 4 is 0 Å². The summed E-state index contributed by atoms with van der Waals surface area (Å²) in [6, 6.07) is 21.9. The number of benzene rings is 2. The maximum atomic E-state index is 9.21. The molecule has 0 radical (unpaired) electrons. The van der Waals surface area contributed by atoms with Crippen molar-refractivity contribution in [3.63, 3.8) is 0 Å². The van der Waals surface area contributed by atoms with Crippen molar-refractivity contribution in [3.05, 3.63) is 78.0 Å². The van der Waals surface area contributed by atoms with E-state index in [1.54, 1.807) is 0 Å². The summed E-state index contributed by atoms with van der Waals surface area (Å²) >= 11 is 0. The van der Waals surface area contributed by atoms with Crippen molar-refractivity contribution in [2.24, 2.45) is 18.9 Å². The van der Waals surface area contributed by atoms with Gasteiger partial charge in [0.05, 0.1) is 0 Å². The average Bonchev–Trinajstić information content (AvgIpc) is 2.86. The zero-order valence-electron chi connectivity index (χ0n) is 20.8. The fraction of sp³-hybridized carbons (Fsp3) is 0.452. The first-order chi connectivity index (χ1) is 16.0. The molecule has 0 aliphatic heterocycles. The van der Waals surface area contributed by atoms with Crippen LogP contribution in [0.4, 0.5) is 0 Å². The zero-order valence-corrected chi connectivity index (χ0v) is 19.8. The molecule has 2 aromatic carbocycles. The topological polar surface area (TPSA) is 3.88 Å². The van der Waals surface area contributed by atoms with Crippen LogP contribution in [0.3, 0.4) is 0 Å². The summed E-state index contributed by atoms with van der Waals surface area (Å²) in [4.78, 5) is 0. The quantitative estimate of drug-likeness (QED) is 0.373. The second kappa shape index (κ2) is 9.61. The predicted molar refractivity (Wildman–Crippen MR) is 135 cm³/mol. The normalized spacial score (nSPS) is 24.8. The molecule has 2 aliphatic rings. The molecule has 0 N–H and O–H groups in total. The molecule has 0 unspecified atom stereocenters. The van der Waals surface area contributed by atoms with E-state index < -0.39 is 5.89 Å². The molecule has 0 spiro atoms. The number of rotatable bonds is 4. The van der Waals surface area contributed by atoms with Gasteiger partial charge in [-0.3, -0.25) is 0 Å². The van der Waals surface area contributed by atoms with E-state index in [2.05, 4.69) is 85.4 Å². The largest absolute Gasteiger partial charge is 0.212 e.